The highest BCUT2D eigenvalue weighted by Crippen LogP contribution is 1.89. The van der Waals surface area contributed by atoms with Crippen LogP contribution in [0, 0.1) is 0 Å². The van der Waals surface area contributed by atoms with Crippen molar-refractivity contribution in [1.29, 1.82) is 2.86 Å². The minimum Gasteiger partial charge on any atom is -0.395 e. The van der Waals surface area contributed by atoms with Gasteiger partial charge in [0.05, 0.1) is 18.6 Å². The molecule has 0 heterocycles. The molecule has 0 radical (unpaired) electrons. The SMILES string of the molecule is [2H]OC([2H])([2H])[C@]([2H])(N([2H])CCN([2H])[C@@]([2H])(C([2H])([2H])O[2H])C([2H])([2H])C([2H])([2H])[2H])C([2H])([2H])C([2H])([2H])[2H]. The third-order valence-corrected chi connectivity index (χ3v) is 1.07. The van der Waals surface area contributed by atoms with Crippen molar-refractivity contribution in [3.05, 3.63) is 0 Å². The molecule has 0 aromatic heterocycles. The lowest BCUT2D eigenvalue weighted by Gasteiger charge is -2.17. The van der Waals surface area contributed by atoms with E-state index in [0.29, 0.717) is 0 Å². The van der Waals surface area contributed by atoms with E-state index in [9.17, 15) is 0 Å². The lowest BCUT2D eigenvalue weighted by molar-refractivity contribution is 0.229. The van der Waals surface area contributed by atoms with Gasteiger partial charge in [0.2, 0.25) is 2.86 Å². The Morgan fingerprint density at radius 2 is 1.79 bits per heavy atom. The third-order valence-electron chi connectivity index (χ3n) is 1.07. The van der Waals surface area contributed by atoms with E-state index >= 15 is 0 Å². The average Bonchev–Trinajstić information content (AvgIpc) is 2.67. The second kappa shape index (κ2) is 9.40. The number of rotatable bonds is 11. The monoisotopic (exact) mass is 224 g/mol. The normalized spacial score (nSPS) is 47.3. The van der Waals surface area contributed by atoms with E-state index in [-0.39, 0.29) is 0 Å². The summed E-state index contributed by atoms with van der Waals surface area (Å²) in [5, 5.41) is 6.51. The van der Waals surface area contributed by atoms with Crippen LogP contribution in [0.3, 0.4) is 0 Å². The first kappa shape index (κ1) is 2.12. The van der Waals surface area contributed by atoms with Crippen molar-refractivity contribution in [2.75, 3.05) is 26.2 Å². The topological polar surface area (TPSA) is 64.5 Å². The Kier molecular flexibility index (Phi) is 1.42. The molecule has 0 aliphatic carbocycles. The van der Waals surface area contributed by atoms with Gasteiger partial charge in [0, 0.05) is 41.6 Å². The zero-order valence-electron chi connectivity index (χ0n) is 27.1. The van der Waals surface area contributed by atoms with Gasteiger partial charge in [0.1, 0.15) is 2.82 Å². The molecule has 0 saturated heterocycles. The van der Waals surface area contributed by atoms with Gasteiger partial charge in [-0.3, -0.25) is 0 Å². The van der Waals surface area contributed by atoms with Crippen molar-refractivity contribution in [2.45, 2.75) is 38.5 Å². The van der Waals surface area contributed by atoms with Crippen LogP contribution >= 0.6 is 0 Å². The van der Waals surface area contributed by atoms with Gasteiger partial charge in [0.25, 0.3) is 0 Å². The smallest absolute Gasteiger partial charge is 0.210 e. The molecule has 0 saturated carbocycles. The summed E-state index contributed by atoms with van der Waals surface area (Å²) in [7, 11) is 0. The fourth-order valence-electron chi connectivity index (χ4n) is 0.518. The van der Waals surface area contributed by atoms with Gasteiger partial charge < -0.3 is 20.8 Å². The molecular weight excluding hydrogens is 180 g/mol. The summed E-state index contributed by atoms with van der Waals surface area (Å²) in [5.41, 5.74) is 0. The summed E-state index contributed by atoms with van der Waals surface area (Å²) in [5.74, 6) is 0. The first-order valence-electron chi connectivity index (χ1n) is 13.2. The molecule has 2 atom stereocenters. The van der Waals surface area contributed by atoms with E-state index in [1.54, 1.807) is 0 Å². The predicted molar refractivity (Wildman–Crippen MR) is 58.3 cm³/mol. The Hall–Kier alpha value is -0.160. The van der Waals surface area contributed by atoms with Crippen molar-refractivity contribution < 1.29 is 35.0 Å². The van der Waals surface area contributed by atoms with Crippen molar-refractivity contribution >= 4 is 0 Å². The highest BCUT2D eigenvalue weighted by molar-refractivity contribution is 4.67. The molecule has 0 rings (SSSR count). The molecule has 4 nitrogen and oxygen atoms in total. The van der Waals surface area contributed by atoms with E-state index in [2.05, 4.69) is 10.2 Å². The second-order valence-electron chi connectivity index (χ2n) is 1.91. The van der Waals surface area contributed by atoms with Crippen molar-refractivity contribution in [3.63, 3.8) is 0 Å². The van der Waals surface area contributed by atoms with Crippen molar-refractivity contribution in [2.24, 2.45) is 0 Å². The van der Waals surface area contributed by atoms with Crippen LogP contribution in [0.5, 0.6) is 0 Å². The van der Waals surface area contributed by atoms with E-state index < -0.39 is 75.3 Å². The minimum absolute atomic E-state index is 0.405. The zero-order chi connectivity index (χ0) is 28.0. The summed E-state index contributed by atoms with van der Waals surface area (Å²) in [6, 6.07) is -7.71. The molecule has 4 N–H and O–H groups in total. The molecule has 0 spiro atoms. The lowest BCUT2D eigenvalue weighted by Crippen LogP contribution is -2.40. The molecule has 0 aromatic carbocycles. The molecule has 14 heavy (non-hydrogen) atoms. The first-order valence-corrected chi connectivity index (χ1v) is 3.49. The Labute approximate surface area is 115 Å². The maximum atomic E-state index is 8.13. The summed E-state index contributed by atoms with van der Waals surface area (Å²) in [4.78, 5) is 0. The summed E-state index contributed by atoms with van der Waals surface area (Å²) < 4.78 is 151. The van der Waals surface area contributed by atoms with Gasteiger partial charge in [-0.15, -0.1) is 0 Å². The van der Waals surface area contributed by atoms with Gasteiger partial charge in [-0.2, -0.15) is 0 Å². The second-order valence-corrected chi connectivity index (χ2v) is 1.91. The molecule has 86 valence electrons. The van der Waals surface area contributed by atoms with E-state index in [1.807, 2.05) is 0 Å². The average molecular weight is 224 g/mol. The van der Waals surface area contributed by atoms with E-state index in [1.165, 1.54) is 0 Å². The maximum Gasteiger partial charge on any atom is 0.210 e. The van der Waals surface area contributed by atoms with Crippen LogP contribution in [0.25, 0.3) is 0 Å². The Balaban J connectivity index is 6.47. The molecule has 4 heteroatoms. The minimum atomic E-state index is -3.91. The fourth-order valence-corrected chi connectivity index (χ4v) is 0.518. The van der Waals surface area contributed by atoms with Crippen LogP contribution in [0.1, 0.15) is 48.4 Å². The number of nitrogens with one attached hydrogen (secondary N) is 2. The molecule has 0 amide bonds. The molecular formula is C10H24N2O2. The molecule has 0 aliphatic rings. The van der Waals surface area contributed by atoms with Gasteiger partial charge >= 0.3 is 0 Å². The van der Waals surface area contributed by atoms with Crippen molar-refractivity contribution in [1.82, 2.24) is 10.6 Å². The van der Waals surface area contributed by atoms with Crippen molar-refractivity contribution in [3.8, 4) is 0 Å². The van der Waals surface area contributed by atoms with Gasteiger partial charge in [-0.25, -0.2) is 0 Å². The number of hydrogen-bond donors (Lipinski definition) is 4. The maximum absolute atomic E-state index is 8.13. The highest BCUT2D eigenvalue weighted by atomic mass is 16.3. The summed E-state index contributed by atoms with van der Waals surface area (Å²) >= 11 is 0. The quantitative estimate of drug-likeness (QED) is 0.389. The number of aliphatic hydroxyl groups is 2. The molecule has 0 fully saturated rings. The molecule has 0 bridgehead atoms. The number of hydrogen-bond acceptors (Lipinski definition) is 4. The van der Waals surface area contributed by atoms with Crippen LogP contribution in [-0.4, -0.2) is 51.3 Å². The van der Waals surface area contributed by atoms with Gasteiger partial charge in [-0.05, 0) is 12.7 Å². The zero-order valence-corrected chi connectivity index (χ0v) is 7.13. The molecule has 0 aliphatic heterocycles. The lowest BCUT2D eigenvalue weighted by atomic mass is 10.2. The van der Waals surface area contributed by atoms with Gasteiger partial charge in [-0.1, -0.05) is 13.7 Å². The Bertz CT molecular complexity index is 636. The van der Waals surface area contributed by atoms with Crippen LogP contribution < -0.4 is 10.6 Å². The fraction of sp³-hybridized carbons (Fsp3) is 1.00. The Morgan fingerprint density at radius 1 is 1.29 bits per heavy atom. The standard InChI is InChI=1S/C10H24N2O2/c1-3-9(7-13)11-5-6-12-10(4-2)8-14/h9-14H,3-8H2,1-2H3/t9-,10-/m1/s1/i1D3,2D3,3D2,4D2,7D2,8D2,9D,10D,13D,14D/hD2. The largest absolute Gasteiger partial charge is 0.395 e. The van der Waals surface area contributed by atoms with Crippen LogP contribution in [-0.2, 0) is 0 Å². The van der Waals surface area contributed by atoms with E-state index in [0.717, 1.165) is 0 Å². The Morgan fingerprint density at radius 3 is 2.14 bits per heavy atom. The van der Waals surface area contributed by atoms with E-state index in [4.69, 9.17) is 27.6 Å². The molecule has 0 aromatic rings. The van der Waals surface area contributed by atoms with Crippen LogP contribution in [0.15, 0.2) is 0 Å². The third kappa shape index (κ3) is 6.32. The summed E-state index contributed by atoms with van der Waals surface area (Å²) in [6.45, 7) is -17.7. The van der Waals surface area contributed by atoms with Crippen LogP contribution in [0.4, 0.5) is 0 Å². The van der Waals surface area contributed by atoms with Gasteiger partial charge in [0.15, 0.2) is 0 Å². The molecule has 0 unspecified atom stereocenters. The summed E-state index contributed by atoms with van der Waals surface area (Å²) in [6.07, 6.45) is -7.83. The highest BCUT2D eigenvalue weighted by Gasteiger charge is 2.04. The first-order chi connectivity index (χ1) is 14.7. The predicted octanol–water partition coefficient (Wildman–Crippen LogP) is -0.293. The van der Waals surface area contributed by atoms with Crippen LogP contribution in [0.2, 0.25) is 2.82 Å².